The molecule has 1 saturated heterocycles. The van der Waals surface area contributed by atoms with E-state index in [2.05, 4.69) is 29.6 Å². The molecule has 1 aromatic carbocycles. The summed E-state index contributed by atoms with van der Waals surface area (Å²) < 4.78 is 19.8. The van der Waals surface area contributed by atoms with Crippen LogP contribution < -0.4 is 10.1 Å². The molecule has 1 aromatic rings. The molecule has 4 rings (SSSR count). The van der Waals surface area contributed by atoms with Crippen molar-refractivity contribution in [2.24, 2.45) is 5.92 Å². The van der Waals surface area contributed by atoms with Gasteiger partial charge in [0.15, 0.2) is 11.6 Å². The Balaban J connectivity index is 1.50. The van der Waals surface area contributed by atoms with Crippen molar-refractivity contribution in [2.45, 2.75) is 5.25 Å². The normalized spacial score (nSPS) is 23.6. The molecular formula is C18H18FNOS. The zero-order chi connectivity index (χ0) is 14.9. The van der Waals surface area contributed by atoms with Crippen LogP contribution in [0.5, 0.6) is 5.75 Å². The molecule has 22 heavy (non-hydrogen) atoms. The largest absolute Gasteiger partial charge is 0.490 e. The third kappa shape index (κ3) is 2.73. The minimum atomic E-state index is -0.278. The summed E-state index contributed by atoms with van der Waals surface area (Å²) in [5.74, 6) is 1.64. The lowest BCUT2D eigenvalue weighted by molar-refractivity contribution is 0.193. The minimum absolute atomic E-state index is 0.278. The molecule has 0 spiro atoms. The first-order valence-corrected chi connectivity index (χ1v) is 8.69. The predicted octanol–water partition coefficient (Wildman–Crippen LogP) is 3.42. The Bertz CT molecular complexity index is 676. The van der Waals surface area contributed by atoms with E-state index in [4.69, 9.17) is 4.74 Å². The number of hydrogen-bond donors (Lipinski definition) is 1. The van der Waals surface area contributed by atoms with E-state index in [1.165, 1.54) is 5.57 Å². The molecule has 2 aliphatic heterocycles. The topological polar surface area (TPSA) is 21.3 Å². The molecule has 0 aromatic heterocycles. The SMILES string of the molecule is Fc1cc(C2=CC3SCC=C3C=C2)ccc1OCC1CNC1. The van der Waals surface area contributed by atoms with Crippen LogP contribution in [0, 0.1) is 11.7 Å². The van der Waals surface area contributed by atoms with Crippen molar-refractivity contribution in [2.75, 3.05) is 25.4 Å². The van der Waals surface area contributed by atoms with Crippen molar-refractivity contribution in [3.05, 3.63) is 59.5 Å². The highest BCUT2D eigenvalue weighted by Crippen LogP contribution is 2.36. The Morgan fingerprint density at radius 1 is 1.27 bits per heavy atom. The van der Waals surface area contributed by atoms with Gasteiger partial charge in [0.05, 0.1) is 6.61 Å². The molecule has 0 bridgehead atoms. The second kappa shape index (κ2) is 5.94. The number of allylic oxidation sites excluding steroid dienone is 3. The fraction of sp³-hybridized carbons (Fsp3) is 0.333. The van der Waals surface area contributed by atoms with Crippen molar-refractivity contribution in [1.82, 2.24) is 5.32 Å². The van der Waals surface area contributed by atoms with Crippen molar-refractivity contribution >= 4 is 17.3 Å². The average Bonchev–Trinajstić information content (AvgIpc) is 2.94. The van der Waals surface area contributed by atoms with Gasteiger partial charge >= 0.3 is 0 Å². The molecule has 0 saturated carbocycles. The van der Waals surface area contributed by atoms with E-state index in [0.29, 0.717) is 23.5 Å². The zero-order valence-electron chi connectivity index (χ0n) is 12.2. The highest BCUT2D eigenvalue weighted by atomic mass is 32.2. The van der Waals surface area contributed by atoms with Gasteiger partial charge in [0.25, 0.3) is 0 Å². The molecular weight excluding hydrogens is 297 g/mol. The molecule has 1 unspecified atom stereocenters. The Labute approximate surface area is 134 Å². The first-order valence-electron chi connectivity index (χ1n) is 7.64. The fourth-order valence-corrected chi connectivity index (χ4v) is 3.94. The van der Waals surface area contributed by atoms with Gasteiger partial charge in [-0.15, -0.1) is 11.8 Å². The summed E-state index contributed by atoms with van der Waals surface area (Å²) in [6.07, 6.45) is 8.69. The van der Waals surface area contributed by atoms with Gasteiger partial charge in [-0.05, 0) is 28.8 Å². The third-order valence-corrected chi connectivity index (χ3v) is 5.44. The summed E-state index contributed by atoms with van der Waals surface area (Å²) in [6.45, 7) is 2.51. The maximum absolute atomic E-state index is 14.2. The quantitative estimate of drug-likeness (QED) is 0.920. The van der Waals surface area contributed by atoms with Gasteiger partial charge in [0.1, 0.15) is 0 Å². The number of thioether (sulfide) groups is 1. The van der Waals surface area contributed by atoms with Gasteiger partial charge in [-0.1, -0.05) is 30.4 Å². The van der Waals surface area contributed by atoms with Gasteiger partial charge in [0, 0.05) is 30.0 Å². The first kappa shape index (κ1) is 14.1. The maximum atomic E-state index is 14.2. The van der Waals surface area contributed by atoms with Crippen LogP contribution in [-0.4, -0.2) is 30.7 Å². The monoisotopic (exact) mass is 315 g/mol. The zero-order valence-corrected chi connectivity index (χ0v) is 13.0. The lowest BCUT2D eigenvalue weighted by Gasteiger charge is -2.26. The number of ether oxygens (including phenoxy) is 1. The van der Waals surface area contributed by atoms with Crippen molar-refractivity contribution in [3.8, 4) is 5.75 Å². The Hall–Kier alpha value is -1.52. The van der Waals surface area contributed by atoms with E-state index in [1.807, 2.05) is 17.8 Å². The molecule has 1 fully saturated rings. The second-order valence-electron chi connectivity index (χ2n) is 5.89. The molecule has 1 aliphatic carbocycles. The van der Waals surface area contributed by atoms with Crippen molar-refractivity contribution < 1.29 is 9.13 Å². The third-order valence-electron chi connectivity index (χ3n) is 4.32. The molecule has 4 heteroatoms. The maximum Gasteiger partial charge on any atom is 0.165 e. The molecule has 2 heterocycles. The van der Waals surface area contributed by atoms with E-state index in [1.54, 1.807) is 12.1 Å². The van der Waals surface area contributed by atoms with Gasteiger partial charge in [-0.2, -0.15) is 0 Å². The van der Waals surface area contributed by atoms with Crippen LogP contribution in [0.1, 0.15) is 5.56 Å². The van der Waals surface area contributed by atoms with Crippen LogP contribution in [-0.2, 0) is 0 Å². The van der Waals surface area contributed by atoms with E-state index in [9.17, 15) is 4.39 Å². The molecule has 0 amide bonds. The fourth-order valence-electron chi connectivity index (χ4n) is 2.84. The van der Waals surface area contributed by atoms with Gasteiger partial charge in [-0.25, -0.2) is 4.39 Å². The molecule has 1 N–H and O–H groups in total. The van der Waals surface area contributed by atoms with E-state index in [-0.39, 0.29) is 5.82 Å². The van der Waals surface area contributed by atoms with Crippen molar-refractivity contribution in [3.63, 3.8) is 0 Å². The molecule has 3 aliphatic rings. The van der Waals surface area contributed by atoms with Gasteiger partial charge < -0.3 is 10.1 Å². The summed E-state index contributed by atoms with van der Waals surface area (Å²) in [7, 11) is 0. The summed E-state index contributed by atoms with van der Waals surface area (Å²) in [4.78, 5) is 0. The standard InChI is InChI=1S/C18H18FNOS/c19-16-7-14(3-4-17(16)21-11-12-9-20-10-12)15-2-1-13-5-6-22-18(13)8-15/h1-5,7-8,12,18,20H,6,9-11H2. The lowest BCUT2D eigenvalue weighted by atomic mass is 9.96. The van der Waals surface area contributed by atoms with Crippen LogP contribution in [0.4, 0.5) is 4.39 Å². The van der Waals surface area contributed by atoms with Gasteiger partial charge in [-0.3, -0.25) is 0 Å². The number of rotatable bonds is 4. The lowest BCUT2D eigenvalue weighted by Crippen LogP contribution is -2.45. The first-order chi connectivity index (χ1) is 10.8. The number of hydrogen-bond acceptors (Lipinski definition) is 3. The van der Waals surface area contributed by atoms with E-state index < -0.39 is 0 Å². The van der Waals surface area contributed by atoms with E-state index in [0.717, 1.165) is 30.0 Å². The van der Waals surface area contributed by atoms with Crippen LogP contribution in [0.25, 0.3) is 5.57 Å². The van der Waals surface area contributed by atoms with Crippen LogP contribution >= 0.6 is 11.8 Å². The number of fused-ring (bicyclic) bond motifs is 1. The molecule has 114 valence electrons. The minimum Gasteiger partial charge on any atom is -0.490 e. The Morgan fingerprint density at radius 2 is 2.18 bits per heavy atom. The van der Waals surface area contributed by atoms with Crippen molar-refractivity contribution in [1.29, 1.82) is 0 Å². The molecule has 2 nitrogen and oxygen atoms in total. The van der Waals surface area contributed by atoms with Crippen LogP contribution in [0.2, 0.25) is 0 Å². The molecule has 1 atom stereocenters. The second-order valence-corrected chi connectivity index (χ2v) is 7.07. The Morgan fingerprint density at radius 3 is 2.95 bits per heavy atom. The Kier molecular flexibility index (Phi) is 3.80. The summed E-state index contributed by atoms with van der Waals surface area (Å²) in [5, 5.41) is 3.61. The summed E-state index contributed by atoms with van der Waals surface area (Å²) in [6, 6.07) is 5.28. The highest BCUT2D eigenvalue weighted by molar-refractivity contribution is 8.00. The predicted molar refractivity (Wildman–Crippen MR) is 89.7 cm³/mol. The smallest absolute Gasteiger partial charge is 0.165 e. The average molecular weight is 315 g/mol. The summed E-state index contributed by atoms with van der Waals surface area (Å²) >= 11 is 1.91. The molecule has 0 radical (unpaired) electrons. The van der Waals surface area contributed by atoms with E-state index >= 15 is 0 Å². The number of benzene rings is 1. The van der Waals surface area contributed by atoms with Crippen LogP contribution in [0.15, 0.2) is 48.1 Å². The summed E-state index contributed by atoms with van der Waals surface area (Å²) in [5.41, 5.74) is 3.37. The van der Waals surface area contributed by atoms with Crippen LogP contribution in [0.3, 0.4) is 0 Å². The highest BCUT2D eigenvalue weighted by Gasteiger charge is 2.21. The van der Waals surface area contributed by atoms with Gasteiger partial charge in [0.2, 0.25) is 0 Å². The number of halogens is 1. The number of nitrogens with one attached hydrogen (secondary N) is 1.